The first kappa shape index (κ1) is 12.0. The van der Waals surface area contributed by atoms with Crippen molar-refractivity contribution in [3.05, 3.63) is 46.7 Å². The Kier molecular flexibility index (Phi) is 3.41. The molecule has 1 aromatic carbocycles. The van der Waals surface area contributed by atoms with Gasteiger partial charge in [-0.05, 0) is 26.0 Å². The lowest BCUT2D eigenvalue weighted by Gasteiger charge is -2.09. The summed E-state index contributed by atoms with van der Waals surface area (Å²) in [5, 5.41) is 10.1. The maximum Gasteiger partial charge on any atom is 0.160 e. The number of aliphatic hydroxyl groups excluding tert-OH is 1. The van der Waals surface area contributed by atoms with Crippen molar-refractivity contribution in [2.75, 3.05) is 0 Å². The zero-order chi connectivity index (χ0) is 12.4. The fourth-order valence-corrected chi connectivity index (χ4v) is 1.88. The molecule has 1 aromatic heterocycles. The van der Waals surface area contributed by atoms with Crippen molar-refractivity contribution in [2.45, 2.75) is 20.0 Å². The highest BCUT2D eigenvalue weighted by Gasteiger charge is 2.10. The number of rotatable bonds is 2. The number of aryl methyl sites for hydroxylation is 1. The standard InChI is InChI=1S/C13H13ClN2O/c1-8-11(9(2)17)7-15-13(16-8)10-5-3-4-6-12(10)14/h3-7,9,17H,1-2H3. The first-order valence-electron chi connectivity index (χ1n) is 5.36. The highest BCUT2D eigenvalue weighted by molar-refractivity contribution is 6.33. The number of nitrogens with zero attached hydrogens (tertiary/aromatic N) is 2. The van der Waals surface area contributed by atoms with Crippen molar-refractivity contribution in [3.63, 3.8) is 0 Å². The second-order valence-corrected chi connectivity index (χ2v) is 4.30. The molecule has 0 bridgehead atoms. The van der Waals surface area contributed by atoms with Crippen LogP contribution in [0.5, 0.6) is 0 Å². The third kappa shape index (κ3) is 2.46. The van der Waals surface area contributed by atoms with Crippen LogP contribution in [0.4, 0.5) is 0 Å². The zero-order valence-corrected chi connectivity index (χ0v) is 10.4. The van der Waals surface area contributed by atoms with Gasteiger partial charge in [0.25, 0.3) is 0 Å². The molecule has 3 nitrogen and oxygen atoms in total. The third-order valence-electron chi connectivity index (χ3n) is 2.58. The molecular weight excluding hydrogens is 236 g/mol. The van der Waals surface area contributed by atoms with Crippen molar-refractivity contribution in [3.8, 4) is 11.4 Å². The molecule has 0 fully saturated rings. The lowest BCUT2D eigenvalue weighted by Crippen LogP contribution is -2.01. The van der Waals surface area contributed by atoms with E-state index in [4.69, 9.17) is 11.6 Å². The molecule has 1 atom stereocenters. The predicted molar refractivity (Wildman–Crippen MR) is 67.8 cm³/mol. The van der Waals surface area contributed by atoms with Gasteiger partial charge >= 0.3 is 0 Å². The van der Waals surface area contributed by atoms with Crippen LogP contribution < -0.4 is 0 Å². The van der Waals surface area contributed by atoms with Crippen LogP contribution in [0.15, 0.2) is 30.5 Å². The van der Waals surface area contributed by atoms with E-state index in [1.807, 2.05) is 25.1 Å². The molecule has 0 aliphatic carbocycles. The van der Waals surface area contributed by atoms with E-state index in [1.54, 1.807) is 19.2 Å². The molecule has 1 N–H and O–H groups in total. The normalized spacial score (nSPS) is 12.5. The predicted octanol–water partition coefficient (Wildman–Crippen LogP) is 3.16. The van der Waals surface area contributed by atoms with Crippen LogP contribution in [0.1, 0.15) is 24.3 Å². The van der Waals surface area contributed by atoms with Crippen LogP contribution in [0.25, 0.3) is 11.4 Å². The Morgan fingerprint density at radius 2 is 2.00 bits per heavy atom. The van der Waals surface area contributed by atoms with Gasteiger partial charge in [-0.2, -0.15) is 0 Å². The minimum Gasteiger partial charge on any atom is -0.389 e. The van der Waals surface area contributed by atoms with Crippen LogP contribution in [0.2, 0.25) is 5.02 Å². The molecule has 0 amide bonds. The van der Waals surface area contributed by atoms with Gasteiger partial charge in [-0.3, -0.25) is 0 Å². The number of halogens is 1. The van der Waals surface area contributed by atoms with Gasteiger partial charge in [-0.25, -0.2) is 9.97 Å². The Balaban J connectivity index is 2.49. The van der Waals surface area contributed by atoms with Gasteiger partial charge in [-0.15, -0.1) is 0 Å². The highest BCUT2D eigenvalue weighted by atomic mass is 35.5. The summed E-state index contributed by atoms with van der Waals surface area (Å²) in [4.78, 5) is 8.61. The zero-order valence-electron chi connectivity index (χ0n) is 9.68. The Labute approximate surface area is 105 Å². The fraction of sp³-hybridized carbons (Fsp3) is 0.231. The average molecular weight is 249 g/mol. The van der Waals surface area contributed by atoms with Crippen LogP contribution >= 0.6 is 11.6 Å². The van der Waals surface area contributed by atoms with Gasteiger partial charge in [0.05, 0.1) is 11.1 Å². The van der Waals surface area contributed by atoms with E-state index in [0.717, 1.165) is 16.8 Å². The monoisotopic (exact) mass is 248 g/mol. The summed E-state index contributed by atoms with van der Waals surface area (Å²) in [6.07, 6.45) is 1.08. The van der Waals surface area contributed by atoms with E-state index >= 15 is 0 Å². The highest BCUT2D eigenvalue weighted by Crippen LogP contribution is 2.25. The molecule has 88 valence electrons. The number of hydrogen-bond donors (Lipinski definition) is 1. The molecule has 4 heteroatoms. The molecule has 0 saturated heterocycles. The van der Waals surface area contributed by atoms with Gasteiger partial charge in [-0.1, -0.05) is 23.7 Å². The van der Waals surface area contributed by atoms with Crippen LogP contribution in [-0.2, 0) is 0 Å². The van der Waals surface area contributed by atoms with Gasteiger partial charge in [0, 0.05) is 23.0 Å². The van der Waals surface area contributed by atoms with Crippen molar-refractivity contribution in [2.24, 2.45) is 0 Å². The molecule has 2 aromatic rings. The molecule has 0 aliphatic rings. The molecule has 0 radical (unpaired) electrons. The topological polar surface area (TPSA) is 46.0 Å². The lowest BCUT2D eigenvalue weighted by atomic mass is 10.1. The number of benzene rings is 1. The smallest absolute Gasteiger partial charge is 0.160 e. The molecule has 0 aliphatic heterocycles. The summed E-state index contributed by atoms with van der Waals surface area (Å²) >= 11 is 6.08. The first-order valence-corrected chi connectivity index (χ1v) is 5.74. The molecule has 17 heavy (non-hydrogen) atoms. The fourth-order valence-electron chi connectivity index (χ4n) is 1.66. The minimum atomic E-state index is -0.560. The second-order valence-electron chi connectivity index (χ2n) is 3.89. The quantitative estimate of drug-likeness (QED) is 0.888. The number of aromatic nitrogens is 2. The number of aliphatic hydroxyl groups is 1. The molecule has 1 unspecified atom stereocenters. The van der Waals surface area contributed by atoms with Gasteiger partial charge in [0.2, 0.25) is 0 Å². The summed E-state index contributed by atoms with van der Waals surface area (Å²) in [5.41, 5.74) is 2.31. The average Bonchev–Trinajstić information content (AvgIpc) is 2.29. The van der Waals surface area contributed by atoms with Crippen molar-refractivity contribution >= 4 is 11.6 Å². The molecule has 0 saturated carbocycles. The van der Waals surface area contributed by atoms with Crippen molar-refractivity contribution in [1.29, 1.82) is 0 Å². The summed E-state index contributed by atoms with van der Waals surface area (Å²) in [5.74, 6) is 0.581. The summed E-state index contributed by atoms with van der Waals surface area (Å²) in [7, 11) is 0. The maximum absolute atomic E-state index is 9.51. The van der Waals surface area contributed by atoms with Gasteiger partial charge < -0.3 is 5.11 Å². The van der Waals surface area contributed by atoms with Gasteiger partial charge in [0.1, 0.15) is 0 Å². The summed E-state index contributed by atoms with van der Waals surface area (Å²) < 4.78 is 0. The minimum absolute atomic E-state index is 0.560. The van der Waals surface area contributed by atoms with Crippen LogP contribution in [0.3, 0.4) is 0 Å². The van der Waals surface area contributed by atoms with E-state index in [2.05, 4.69) is 9.97 Å². The number of hydrogen-bond acceptors (Lipinski definition) is 3. The third-order valence-corrected chi connectivity index (χ3v) is 2.91. The molecule has 1 heterocycles. The lowest BCUT2D eigenvalue weighted by molar-refractivity contribution is 0.197. The first-order chi connectivity index (χ1) is 8.09. The van der Waals surface area contributed by atoms with E-state index in [1.165, 1.54) is 0 Å². The van der Waals surface area contributed by atoms with Crippen LogP contribution in [0, 0.1) is 6.92 Å². The van der Waals surface area contributed by atoms with E-state index in [0.29, 0.717) is 10.8 Å². The van der Waals surface area contributed by atoms with E-state index in [9.17, 15) is 5.11 Å². The van der Waals surface area contributed by atoms with Crippen LogP contribution in [-0.4, -0.2) is 15.1 Å². The maximum atomic E-state index is 9.51. The summed E-state index contributed by atoms with van der Waals surface area (Å²) in [6, 6.07) is 7.43. The summed E-state index contributed by atoms with van der Waals surface area (Å²) in [6.45, 7) is 3.55. The molecular formula is C13H13ClN2O. The Morgan fingerprint density at radius 3 is 2.59 bits per heavy atom. The molecule has 0 spiro atoms. The Morgan fingerprint density at radius 1 is 1.29 bits per heavy atom. The SMILES string of the molecule is Cc1nc(-c2ccccc2Cl)ncc1C(C)O. The second kappa shape index (κ2) is 4.82. The molecule has 2 rings (SSSR count). The van der Waals surface area contributed by atoms with E-state index < -0.39 is 6.10 Å². The Hall–Kier alpha value is -1.45. The van der Waals surface area contributed by atoms with Crippen molar-refractivity contribution in [1.82, 2.24) is 9.97 Å². The largest absolute Gasteiger partial charge is 0.389 e. The Bertz CT molecular complexity index is 541. The van der Waals surface area contributed by atoms with Gasteiger partial charge in [0.15, 0.2) is 5.82 Å². The van der Waals surface area contributed by atoms with E-state index in [-0.39, 0.29) is 0 Å². The van der Waals surface area contributed by atoms with Crippen molar-refractivity contribution < 1.29 is 5.11 Å².